The van der Waals surface area contributed by atoms with Gasteiger partial charge in [-0.2, -0.15) is 10.5 Å². The van der Waals surface area contributed by atoms with Crippen LogP contribution >= 0.6 is 45.9 Å². The van der Waals surface area contributed by atoms with Crippen molar-refractivity contribution in [3.8, 4) is 12.1 Å². The lowest BCUT2D eigenvalue weighted by atomic mass is 10.1. The summed E-state index contributed by atoms with van der Waals surface area (Å²) in [6, 6.07) is 15.4. The van der Waals surface area contributed by atoms with Crippen LogP contribution < -0.4 is 10.7 Å². The summed E-state index contributed by atoms with van der Waals surface area (Å²) >= 11 is 15.0. The Balaban J connectivity index is 1.75. The second-order valence-corrected chi connectivity index (χ2v) is 11.5. The molecule has 4 radical (unpaired) electrons. The number of hydrogen-bond acceptors (Lipinski definition) is 6. The SMILES string of the molecule is [B]n1c(C)c2/c(=C(\C#N)c3nc4cc(Cl)ccc4s3)n([B])c(C)c2/c1=C(\C#N)c1nc2cc(Cl)ccc2s1. The van der Waals surface area contributed by atoms with Gasteiger partial charge in [-0.05, 0) is 50.2 Å². The molecule has 0 N–H and O–H groups in total. The topological polar surface area (TPSA) is 83.2 Å². The molecular formula is C26H12B2Cl2N6S2. The average Bonchev–Trinajstić information content (AvgIpc) is 3.62. The molecule has 12 heteroatoms. The minimum absolute atomic E-state index is 0.302. The summed E-state index contributed by atoms with van der Waals surface area (Å²) in [6.45, 7) is 3.66. The van der Waals surface area contributed by atoms with Gasteiger partial charge in [0.25, 0.3) is 0 Å². The molecule has 0 aliphatic heterocycles. The van der Waals surface area contributed by atoms with Gasteiger partial charge < -0.3 is 8.96 Å². The highest BCUT2D eigenvalue weighted by Crippen LogP contribution is 2.31. The Kier molecular flexibility index (Phi) is 5.90. The number of hydrogen-bond donors (Lipinski definition) is 0. The van der Waals surface area contributed by atoms with E-state index in [2.05, 4.69) is 22.1 Å². The maximum Gasteiger partial charge on any atom is 0.234 e. The largest absolute Gasteiger partial charge is 0.399 e. The number of rotatable bonds is 2. The van der Waals surface area contributed by atoms with E-state index in [9.17, 15) is 10.5 Å². The summed E-state index contributed by atoms with van der Waals surface area (Å²) in [5, 5.41) is 25.0. The van der Waals surface area contributed by atoms with Crippen molar-refractivity contribution in [3.63, 3.8) is 0 Å². The third-order valence-corrected chi connectivity index (χ3v) is 9.05. The zero-order valence-electron chi connectivity index (χ0n) is 19.9. The van der Waals surface area contributed by atoms with E-state index in [0.29, 0.717) is 75.1 Å². The summed E-state index contributed by atoms with van der Waals surface area (Å²) in [6.07, 6.45) is 0. The molecule has 0 fully saturated rings. The molecule has 2 aromatic carbocycles. The van der Waals surface area contributed by atoms with Crippen LogP contribution in [0, 0.1) is 36.5 Å². The zero-order valence-corrected chi connectivity index (χ0v) is 23.0. The summed E-state index contributed by atoms with van der Waals surface area (Å²) in [7, 11) is 13.1. The second-order valence-electron chi connectivity index (χ2n) is 8.59. The number of halogens is 2. The molecular weight excluding hydrogens is 553 g/mol. The molecule has 178 valence electrons. The molecule has 0 unspecified atom stereocenters. The lowest BCUT2D eigenvalue weighted by Gasteiger charge is -2.05. The third kappa shape index (κ3) is 3.60. The Bertz CT molecular complexity index is 2030. The van der Waals surface area contributed by atoms with Crippen molar-refractivity contribution in [2.24, 2.45) is 0 Å². The Morgan fingerprint density at radius 1 is 0.763 bits per heavy atom. The molecule has 4 heterocycles. The molecule has 0 aliphatic rings. The number of aromatic nitrogens is 4. The van der Waals surface area contributed by atoms with Gasteiger partial charge in [-0.15, -0.1) is 22.7 Å². The minimum atomic E-state index is 0.302. The summed E-state index contributed by atoms with van der Waals surface area (Å²) < 4.78 is 4.72. The van der Waals surface area contributed by atoms with Crippen molar-refractivity contribution in [2.45, 2.75) is 13.8 Å². The highest BCUT2D eigenvalue weighted by atomic mass is 35.5. The van der Waals surface area contributed by atoms with Crippen molar-refractivity contribution in [3.05, 3.63) is 78.5 Å². The van der Waals surface area contributed by atoms with Gasteiger partial charge in [0.1, 0.15) is 33.3 Å². The van der Waals surface area contributed by atoms with Crippen LogP contribution in [-0.2, 0) is 0 Å². The predicted octanol–water partition coefficient (Wildman–Crippen LogP) is 4.89. The van der Waals surface area contributed by atoms with Gasteiger partial charge in [0.2, 0.25) is 16.0 Å². The Morgan fingerprint density at radius 2 is 1.16 bits per heavy atom. The quantitative estimate of drug-likeness (QED) is 0.280. The first-order valence-electron chi connectivity index (χ1n) is 11.2. The second kappa shape index (κ2) is 9.04. The van der Waals surface area contributed by atoms with E-state index in [0.717, 1.165) is 9.40 Å². The summed E-state index contributed by atoms with van der Waals surface area (Å²) in [5.41, 5.74) is 3.28. The van der Waals surface area contributed by atoms with Gasteiger partial charge in [0.15, 0.2) is 0 Å². The smallest absolute Gasteiger partial charge is 0.234 e. The van der Waals surface area contributed by atoms with Crippen LogP contribution in [0.15, 0.2) is 36.4 Å². The highest BCUT2D eigenvalue weighted by Gasteiger charge is 2.23. The van der Waals surface area contributed by atoms with Crippen molar-refractivity contribution >= 4 is 104 Å². The van der Waals surface area contributed by atoms with E-state index in [1.54, 1.807) is 24.3 Å². The van der Waals surface area contributed by atoms with Crippen LogP contribution in [0.5, 0.6) is 0 Å². The first-order chi connectivity index (χ1) is 18.2. The average molecular weight is 565 g/mol. The maximum absolute atomic E-state index is 10.3. The fourth-order valence-electron chi connectivity index (χ4n) is 4.67. The molecule has 0 aliphatic carbocycles. The summed E-state index contributed by atoms with van der Waals surface area (Å²) in [5.74, 6) is 0. The van der Waals surface area contributed by atoms with E-state index in [1.165, 1.54) is 31.6 Å². The maximum atomic E-state index is 10.3. The standard InChI is InChI=1S/C26H12B2Cl2N6S2/c1-11-21-22(24(35(11)27)16(10-32)26-34-18-8-14(30)4-6-20(18)38-26)12(2)36(28)23(21)15(9-31)25-33-17-7-13(29)3-5-19(17)37-25/h3-8H,1-2H3/b23-15-,24-16-. The fraction of sp³-hybridized carbons (Fsp3) is 0.0769. The third-order valence-electron chi connectivity index (χ3n) is 6.48. The van der Waals surface area contributed by atoms with Crippen LogP contribution in [0.1, 0.15) is 21.4 Å². The van der Waals surface area contributed by atoms with Gasteiger partial charge in [-0.1, -0.05) is 23.2 Å². The molecule has 6 nitrogen and oxygen atoms in total. The Hall–Kier alpha value is -3.53. The van der Waals surface area contributed by atoms with Gasteiger partial charge in [-0.3, -0.25) is 0 Å². The Labute approximate surface area is 237 Å². The molecule has 38 heavy (non-hydrogen) atoms. The molecule has 0 spiro atoms. The molecule has 0 bridgehead atoms. The van der Waals surface area contributed by atoms with E-state index >= 15 is 0 Å². The van der Waals surface area contributed by atoms with Crippen LogP contribution in [0.4, 0.5) is 0 Å². The number of nitrogens with zero attached hydrogens (tertiary/aromatic N) is 6. The van der Waals surface area contributed by atoms with Gasteiger partial charge in [-0.25, -0.2) is 9.97 Å². The van der Waals surface area contributed by atoms with Crippen LogP contribution in [0.2, 0.25) is 10.0 Å². The molecule has 6 rings (SSSR count). The molecule has 0 amide bonds. The fourth-order valence-corrected chi connectivity index (χ4v) is 6.89. The molecule has 6 aromatic rings. The van der Waals surface area contributed by atoms with Crippen LogP contribution in [0.3, 0.4) is 0 Å². The molecule has 4 aromatic heterocycles. The van der Waals surface area contributed by atoms with E-state index in [1.807, 2.05) is 26.0 Å². The number of fused-ring (bicyclic) bond motifs is 3. The number of aryl methyl sites for hydroxylation is 2. The van der Waals surface area contributed by atoms with Gasteiger partial charge in [0, 0.05) is 32.2 Å². The number of thiazole rings is 2. The first kappa shape index (κ1) is 24.8. The zero-order chi connectivity index (χ0) is 26.9. The van der Waals surface area contributed by atoms with Crippen molar-refractivity contribution < 1.29 is 0 Å². The van der Waals surface area contributed by atoms with Crippen LogP contribution in [0.25, 0.3) is 42.4 Å². The minimum Gasteiger partial charge on any atom is -0.399 e. The lowest BCUT2D eigenvalue weighted by molar-refractivity contribution is 1.07. The van der Waals surface area contributed by atoms with Crippen molar-refractivity contribution in [2.75, 3.05) is 0 Å². The number of benzene rings is 2. The van der Waals surface area contributed by atoms with Gasteiger partial charge in [0.05, 0.1) is 31.1 Å². The van der Waals surface area contributed by atoms with Crippen molar-refractivity contribution in [1.29, 1.82) is 10.5 Å². The number of nitriles is 2. The van der Waals surface area contributed by atoms with E-state index < -0.39 is 0 Å². The highest BCUT2D eigenvalue weighted by molar-refractivity contribution is 7.20. The molecule has 0 saturated heterocycles. The van der Waals surface area contributed by atoms with E-state index in [-0.39, 0.29) is 0 Å². The molecule has 0 atom stereocenters. The van der Waals surface area contributed by atoms with E-state index in [4.69, 9.17) is 39.2 Å². The monoisotopic (exact) mass is 564 g/mol. The summed E-state index contributed by atoms with van der Waals surface area (Å²) in [4.78, 5) is 9.32. The first-order valence-corrected chi connectivity index (χ1v) is 13.6. The van der Waals surface area contributed by atoms with Gasteiger partial charge >= 0.3 is 0 Å². The lowest BCUT2D eigenvalue weighted by Crippen LogP contribution is -2.23. The van der Waals surface area contributed by atoms with Crippen molar-refractivity contribution in [1.82, 2.24) is 18.9 Å². The Morgan fingerprint density at radius 3 is 1.53 bits per heavy atom. The predicted molar refractivity (Wildman–Crippen MR) is 156 cm³/mol. The molecule has 0 saturated carbocycles. The van der Waals surface area contributed by atoms with Crippen LogP contribution in [-0.4, -0.2) is 34.9 Å². The normalized spacial score (nSPS) is 13.2.